The van der Waals surface area contributed by atoms with E-state index in [0.29, 0.717) is 11.3 Å². The summed E-state index contributed by atoms with van der Waals surface area (Å²) in [6.45, 7) is 7.83. The van der Waals surface area contributed by atoms with Gasteiger partial charge in [0.1, 0.15) is 18.7 Å². The van der Waals surface area contributed by atoms with Crippen molar-refractivity contribution in [3.8, 4) is 5.75 Å². The van der Waals surface area contributed by atoms with E-state index in [1.807, 2.05) is 45.0 Å². The van der Waals surface area contributed by atoms with Crippen LogP contribution in [0.1, 0.15) is 62.5 Å². The van der Waals surface area contributed by atoms with E-state index in [2.05, 4.69) is 15.2 Å². The first-order chi connectivity index (χ1) is 20.0. The molecule has 43 heavy (non-hydrogen) atoms. The van der Waals surface area contributed by atoms with Crippen LogP contribution >= 0.6 is 0 Å². The van der Waals surface area contributed by atoms with Gasteiger partial charge in [-0.05, 0) is 36.5 Å². The van der Waals surface area contributed by atoms with Crippen molar-refractivity contribution in [2.75, 3.05) is 6.61 Å². The molecule has 0 aliphatic heterocycles. The van der Waals surface area contributed by atoms with Crippen LogP contribution < -0.4 is 15.6 Å². The van der Waals surface area contributed by atoms with Crippen LogP contribution in [0.2, 0.25) is 0 Å². The summed E-state index contributed by atoms with van der Waals surface area (Å²) in [5.41, 5.74) is 1.90. The van der Waals surface area contributed by atoms with Gasteiger partial charge in [-0.15, -0.1) is 0 Å². The number of ether oxygens (including phenoxy) is 1. The Morgan fingerprint density at radius 3 is 2.21 bits per heavy atom. The number of rotatable bonds is 11. The van der Waals surface area contributed by atoms with Gasteiger partial charge in [0.2, 0.25) is 17.5 Å². The smallest absolute Gasteiger partial charge is 0.305 e. The molecule has 0 aliphatic carbocycles. The molecule has 2 atom stereocenters. The Labute approximate surface area is 244 Å². The van der Waals surface area contributed by atoms with Crippen molar-refractivity contribution in [2.45, 2.75) is 65.0 Å². The van der Waals surface area contributed by atoms with Crippen molar-refractivity contribution in [1.82, 2.24) is 15.1 Å². The first kappa shape index (κ1) is 33.0. The van der Waals surface area contributed by atoms with Crippen LogP contribution in [0.5, 0.6) is 5.75 Å². The van der Waals surface area contributed by atoms with Crippen LogP contribution in [0, 0.1) is 30.2 Å². The standard InChI is InChI=1S/C30H31F4N3O6/c1-15-10-18(11-17-8-6-7-9-19(17)30(3,4)5)29(42)37(36-15)16(2)28(41)35-22(13-24(39)40)23(38)14-43-27-25(33)20(31)12-21(32)26(27)34/h6-10,12,16,22H,11,13-14H2,1-5H3,(H,35,41)(H,39,40). The number of Topliss-reactive ketones (excluding diaryl/α,β-unsaturated/α-hetero) is 1. The van der Waals surface area contributed by atoms with E-state index in [1.165, 1.54) is 6.92 Å². The van der Waals surface area contributed by atoms with Gasteiger partial charge in [0.15, 0.2) is 23.2 Å². The van der Waals surface area contributed by atoms with Gasteiger partial charge < -0.3 is 15.2 Å². The van der Waals surface area contributed by atoms with E-state index < -0.39 is 77.3 Å². The van der Waals surface area contributed by atoms with E-state index in [0.717, 1.165) is 15.8 Å². The minimum Gasteiger partial charge on any atom is -0.481 e. The van der Waals surface area contributed by atoms with Gasteiger partial charge in [-0.3, -0.25) is 19.2 Å². The molecule has 230 valence electrons. The number of carboxylic acid groups (broad SMARTS) is 1. The van der Waals surface area contributed by atoms with Crippen LogP contribution in [0.15, 0.2) is 41.2 Å². The molecule has 1 amide bonds. The molecule has 13 heteroatoms. The van der Waals surface area contributed by atoms with Gasteiger partial charge in [0.25, 0.3) is 5.56 Å². The molecule has 2 unspecified atom stereocenters. The molecule has 1 heterocycles. The Balaban J connectivity index is 1.84. The molecule has 0 saturated heterocycles. The lowest BCUT2D eigenvalue weighted by Crippen LogP contribution is -2.48. The highest BCUT2D eigenvalue weighted by Gasteiger charge is 2.30. The summed E-state index contributed by atoms with van der Waals surface area (Å²) < 4.78 is 60.3. The van der Waals surface area contributed by atoms with E-state index >= 15 is 0 Å². The number of ketones is 1. The fourth-order valence-electron chi connectivity index (χ4n) is 4.45. The Hall–Kier alpha value is -4.55. The van der Waals surface area contributed by atoms with Crippen LogP contribution in [0.25, 0.3) is 0 Å². The number of amides is 1. The molecule has 0 spiro atoms. The fraction of sp³-hybridized carbons (Fsp3) is 0.367. The Morgan fingerprint density at radius 2 is 1.63 bits per heavy atom. The van der Waals surface area contributed by atoms with E-state index in [4.69, 9.17) is 0 Å². The molecule has 0 fully saturated rings. The van der Waals surface area contributed by atoms with Crippen molar-refractivity contribution in [2.24, 2.45) is 0 Å². The number of benzene rings is 2. The SMILES string of the molecule is Cc1cc(Cc2ccccc2C(C)(C)C)c(=O)n(C(C)C(=O)NC(CC(=O)O)C(=O)COc2c(F)c(F)cc(F)c2F)n1. The second kappa shape index (κ2) is 13.2. The topological polar surface area (TPSA) is 128 Å². The molecule has 2 N–H and O–H groups in total. The summed E-state index contributed by atoms with van der Waals surface area (Å²) in [5, 5.41) is 15.6. The maximum absolute atomic E-state index is 13.9. The van der Waals surface area contributed by atoms with Crippen molar-refractivity contribution in [3.05, 3.63) is 92.4 Å². The van der Waals surface area contributed by atoms with Crippen molar-refractivity contribution < 1.29 is 41.8 Å². The van der Waals surface area contributed by atoms with Crippen LogP contribution in [0.3, 0.4) is 0 Å². The molecule has 0 radical (unpaired) electrons. The highest BCUT2D eigenvalue weighted by atomic mass is 19.2. The summed E-state index contributed by atoms with van der Waals surface area (Å²) >= 11 is 0. The third-order valence-corrected chi connectivity index (χ3v) is 6.60. The van der Waals surface area contributed by atoms with Crippen molar-refractivity contribution in [1.29, 1.82) is 0 Å². The van der Waals surface area contributed by atoms with Crippen LogP contribution in [-0.2, 0) is 26.2 Å². The van der Waals surface area contributed by atoms with E-state index in [9.17, 15) is 41.8 Å². The number of nitrogens with zero attached hydrogens (tertiary/aromatic N) is 2. The van der Waals surface area contributed by atoms with E-state index in [-0.39, 0.29) is 17.9 Å². The zero-order valence-electron chi connectivity index (χ0n) is 24.1. The number of aliphatic carboxylic acids is 1. The molecule has 2 aromatic carbocycles. The molecule has 3 aromatic rings. The summed E-state index contributed by atoms with van der Waals surface area (Å²) in [6.07, 6.45) is -0.719. The zero-order valence-corrected chi connectivity index (χ0v) is 24.1. The highest BCUT2D eigenvalue weighted by molar-refractivity contribution is 5.93. The molecule has 0 saturated carbocycles. The Morgan fingerprint density at radius 1 is 1.02 bits per heavy atom. The number of nitrogens with one attached hydrogen (secondary N) is 1. The highest BCUT2D eigenvalue weighted by Crippen LogP contribution is 2.28. The maximum atomic E-state index is 13.9. The molecule has 0 bridgehead atoms. The summed E-state index contributed by atoms with van der Waals surface area (Å²) in [4.78, 5) is 50.6. The number of aryl methyl sites for hydroxylation is 1. The minimum atomic E-state index is -1.90. The Bertz CT molecular complexity index is 1590. The largest absolute Gasteiger partial charge is 0.481 e. The van der Waals surface area contributed by atoms with Crippen LogP contribution in [0.4, 0.5) is 17.6 Å². The number of halogens is 4. The summed E-state index contributed by atoms with van der Waals surface area (Å²) in [6, 6.07) is 6.07. The number of hydrogen-bond acceptors (Lipinski definition) is 6. The minimum absolute atomic E-state index is 0.0514. The predicted molar refractivity (Wildman–Crippen MR) is 147 cm³/mol. The summed E-state index contributed by atoms with van der Waals surface area (Å²) in [5.74, 6) is -12.5. The number of carboxylic acids is 1. The van der Waals surface area contributed by atoms with Gasteiger partial charge in [-0.2, -0.15) is 13.9 Å². The Kier molecular flexibility index (Phi) is 10.1. The lowest BCUT2D eigenvalue weighted by atomic mass is 9.82. The lowest BCUT2D eigenvalue weighted by Gasteiger charge is -2.23. The van der Waals surface area contributed by atoms with Gasteiger partial charge in [0.05, 0.1) is 12.1 Å². The lowest BCUT2D eigenvalue weighted by molar-refractivity contribution is -0.140. The van der Waals surface area contributed by atoms with E-state index in [1.54, 1.807) is 13.0 Å². The second-order valence-electron chi connectivity index (χ2n) is 11.0. The quantitative estimate of drug-likeness (QED) is 0.248. The predicted octanol–water partition coefficient (Wildman–Crippen LogP) is 4.17. The molecular weight excluding hydrogens is 574 g/mol. The number of aromatic nitrogens is 2. The molecule has 9 nitrogen and oxygen atoms in total. The third kappa shape index (κ3) is 7.85. The molecule has 3 rings (SSSR count). The molecule has 1 aromatic heterocycles. The zero-order chi connectivity index (χ0) is 32.2. The van der Waals surface area contributed by atoms with Gasteiger partial charge in [-0.25, -0.2) is 13.5 Å². The van der Waals surface area contributed by atoms with Gasteiger partial charge in [-0.1, -0.05) is 45.0 Å². The second-order valence-corrected chi connectivity index (χ2v) is 11.0. The average molecular weight is 606 g/mol. The first-order valence-electron chi connectivity index (χ1n) is 13.2. The first-order valence-corrected chi connectivity index (χ1v) is 13.2. The third-order valence-electron chi connectivity index (χ3n) is 6.60. The normalized spacial score (nSPS) is 12.9. The average Bonchev–Trinajstić information content (AvgIpc) is 2.92. The van der Waals surface area contributed by atoms with Crippen LogP contribution in [-0.4, -0.2) is 45.2 Å². The number of carbonyl (C=O) groups is 3. The van der Waals surface area contributed by atoms with Gasteiger partial charge >= 0.3 is 5.97 Å². The fourth-order valence-corrected chi connectivity index (χ4v) is 4.45. The molecule has 0 aliphatic rings. The number of carbonyl (C=O) groups excluding carboxylic acids is 2. The molecular formula is C30H31F4N3O6. The number of hydrogen-bond donors (Lipinski definition) is 2. The maximum Gasteiger partial charge on any atom is 0.305 e. The monoisotopic (exact) mass is 605 g/mol. The summed E-state index contributed by atoms with van der Waals surface area (Å²) in [7, 11) is 0. The van der Waals surface area contributed by atoms with Gasteiger partial charge in [0, 0.05) is 18.1 Å². The van der Waals surface area contributed by atoms with Crippen molar-refractivity contribution in [3.63, 3.8) is 0 Å². The van der Waals surface area contributed by atoms with Crippen molar-refractivity contribution >= 4 is 17.7 Å².